The summed E-state index contributed by atoms with van der Waals surface area (Å²) in [7, 11) is 0. The van der Waals surface area contributed by atoms with Gasteiger partial charge in [0.15, 0.2) is 0 Å². The summed E-state index contributed by atoms with van der Waals surface area (Å²) in [6.45, 7) is 6.67. The number of allylic oxidation sites excluding steroid dienone is 4. The minimum atomic E-state index is -0.939. The molecule has 39 heavy (non-hydrogen) atoms. The fourth-order valence-corrected chi connectivity index (χ4v) is 4.97. The first-order chi connectivity index (χ1) is 18.8. The van der Waals surface area contributed by atoms with Gasteiger partial charge >= 0.3 is 0 Å². The molecule has 0 unspecified atom stereocenters. The molecule has 7 nitrogen and oxygen atoms in total. The van der Waals surface area contributed by atoms with Gasteiger partial charge in [0, 0.05) is 24.5 Å². The number of nitrogens with zero attached hydrogens (tertiary/aromatic N) is 3. The number of aromatic nitrogens is 1. The number of rotatable bonds is 12. The average Bonchev–Trinajstić information content (AvgIpc) is 3.85. The highest BCUT2D eigenvalue weighted by atomic mass is 16.1. The Morgan fingerprint density at radius 1 is 1.15 bits per heavy atom. The number of benzene rings is 1. The summed E-state index contributed by atoms with van der Waals surface area (Å²) in [6.07, 6.45) is 9.75. The Balaban J connectivity index is 1.43. The quantitative estimate of drug-likeness (QED) is 0.266. The molecule has 2 saturated carbocycles. The summed E-state index contributed by atoms with van der Waals surface area (Å²) < 4.78 is 0. The van der Waals surface area contributed by atoms with Crippen LogP contribution in [0.15, 0.2) is 48.1 Å². The average molecular weight is 522 g/mol. The van der Waals surface area contributed by atoms with Gasteiger partial charge in [0.1, 0.15) is 17.4 Å². The van der Waals surface area contributed by atoms with Gasteiger partial charge in [-0.2, -0.15) is 10.5 Å². The Morgan fingerprint density at radius 2 is 1.92 bits per heavy atom. The van der Waals surface area contributed by atoms with Gasteiger partial charge < -0.3 is 15.4 Å². The number of pyridine rings is 1. The molecule has 2 aliphatic rings. The number of hydrogen-bond donors (Lipinski definition) is 2. The lowest BCUT2D eigenvalue weighted by atomic mass is 9.82. The largest absolute Gasteiger partial charge is 0.385 e. The second kappa shape index (κ2) is 12.1. The van der Waals surface area contributed by atoms with Crippen molar-refractivity contribution >= 4 is 23.5 Å². The number of anilines is 1. The van der Waals surface area contributed by atoms with Crippen LogP contribution in [0.4, 0.5) is 5.69 Å². The van der Waals surface area contributed by atoms with E-state index in [2.05, 4.69) is 46.8 Å². The summed E-state index contributed by atoms with van der Waals surface area (Å²) in [6, 6.07) is 13.6. The van der Waals surface area contributed by atoms with Crippen molar-refractivity contribution in [1.29, 1.82) is 10.5 Å². The minimum absolute atomic E-state index is 0.143. The van der Waals surface area contributed by atoms with Crippen LogP contribution in [0.3, 0.4) is 0 Å². The van der Waals surface area contributed by atoms with Crippen molar-refractivity contribution < 1.29 is 9.59 Å². The van der Waals surface area contributed by atoms with E-state index in [0.29, 0.717) is 35.8 Å². The predicted molar refractivity (Wildman–Crippen MR) is 151 cm³/mol. The summed E-state index contributed by atoms with van der Waals surface area (Å²) in [4.78, 5) is 29.0. The number of carbonyl (C=O) groups is 2. The first kappa shape index (κ1) is 27.8. The minimum Gasteiger partial charge on any atom is -0.385 e. The van der Waals surface area contributed by atoms with E-state index in [1.54, 1.807) is 12.1 Å². The van der Waals surface area contributed by atoms with Gasteiger partial charge in [-0.25, -0.2) is 4.98 Å². The van der Waals surface area contributed by atoms with E-state index in [1.165, 1.54) is 18.4 Å². The van der Waals surface area contributed by atoms with E-state index < -0.39 is 5.41 Å². The molecule has 200 valence electrons. The molecular weight excluding hydrogens is 486 g/mol. The van der Waals surface area contributed by atoms with Gasteiger partial charge in [0.25, 0.3) is 5.91 Å². The molecule has 4 rings (SSSR count). The molecule has 2 fully saturated rings. The monoisotopic (exact) mass is 521 g/mol. The molecule has 2 aromatic rings. The third kappa shape index (κ3) is 7.00. The second-order valence-corrected chi connectivity index (χ2v) is 10.7. The summed E-state index contributed by atoms with van der Waals surface area (Å²) >= 11 is 0. The van der Waals surface area contributed by atoms with Crippen LogP contribution in [0, 0.1) is 46.8 Å². The van der Waals surface area contributed by atoms with Crippen molar-refractivity contribution in [2.75, 3.05) is 11.9 Å². The maximum absolute atomic E-state index is 13.0. The lowest BCUT2D eigenvalue weighted by Crippen LogP contribution is -2.27. The van der Waals surface area contributed by atoms with Gasteiger partial charge in [-0.3, -0.25) is 4.79 Å². The molecule has 2 N–H and O–H groups in total. The van der Waals surface area contributed by atoms with Crippen molar-refractivity contribution in [3.63, 3.8) is 0 Å². The third-order valence-electron chi connectivity index (χ3n) is 7.60. The number of nitrogens with one attached hydrogen (secondary N) is 2. The van der Waals surface area contributed by atoms with Crippen molar-refractivity contribution in [2.45, 2.75) is 59.4 Å². The Kier molecular flexibility index (Phi) is 8.62. The zero-order valence-corrected chi connectivity index (χ0v) is 22.9. The second-order valence-electron chi connectivity index (χ2n) is 10.7. The highest BCUT2D eigenvalue weighted by Gasteiger charge is 2.45. The van der Waals surface area contributed by atoms with Crippen molar-refractivity contribution in [3.05, 3.63) is 76.1 Å². The zero-order chi connectivity index (χ0) is 28.0. The molecule has 7 heteroatoms. The number of carbonyl (C=O) groups excluding carboxylic acids is 2. The van der Waals surface area contributed by atoms with Crippen molar-refractivity contribution in [2.24, 2.45) is 17.3 Å². The lowest BCUT2D eigenvalue weighted by molar-refractivity contribution is -0.114. The molecule has 0 bridgehead atoms. The topological polar surface area (TPSA) is 119 Å². The first-order valence-corrected chi connectivity index (χ1v) is 13.6. The van der Waals surface area contributed by atoms with Crippen LogP contribution in [0.25, 0.3) is 5.57 Å². The summed E-state index contributed by atoms with van der Waals surface area (Å²) in [5.41, 5.74) is 5.48. The van der Waals surface area contributed by atoms with E-state index in [1.807, 2.05) is 32.0 Å². The normalized spacial score (nSPS) is 16.9. The van der Waals surface area contributed by atoms with Crippen LogP contribution in [-0.2, 0) is 11.3 Å². The highest BCUT2D eigenvalue weighted by Crippen LogP contribution is 2.46. The molecule has 1 aromatic carbocycles. The lowest BCUT2D eigenvalue weighted by Gasteiger charge is -2.20. The Hall–Kier alpha value is -4.23. The molecule has 1 heterocycles. The highest BCUT2D eigenvalue weighted by molar-refractivity contribution is 5.93. The fourth-order valence-electron chi connectivity index (χ4n) is 4.97. The van der Waals surface area contributed by atoms with Crippen LogP contribution in [0.2, 0.25) is 0 Å². The zero-order valence-electron chi connectivity index (χ0n) is 22.9. The van der Waals surface area contributed by atoms with Gasteiger partial charge in [-0.05, 0) is 112 Å². The smallest absolute Gasteiger partial charge is 0.270 e. The van der Waals surface area contributed by atoms with Crippen LogP contribution in [0.5, 0.6) is 0 Å². The maximum Gasteiger partial charge on any atom is 0.270 e. The molecule has 0 spiro atoms. The molecule has 1 atom stereocenters. The number of amides is 1. The van der Waals surface area contributed by atoms with Crippen LogP contribution in [0.1, 0.15) is 78.8 Å². The standard InChI is InChI=1S/C32H35N5O2/c1-4-25(11-21(2)26-5-6-26)27-14-23(17-33)13-24(15-27)18-36-31(39)30-16-29(12-22(3)37-30)35-10-9-32(19-34,20-38)28-7-8-28/h4,11-16,20,26,28H,5-10,18H2,1-3H3,(H,35,37)(H,36,39)/b21-11+,25-4+/t32-/m0/s1. The van der Waals surface area contributed by atoms with E-state index >= 15 is 0 Å². The van der Waals surface area contributed by atoms with Crippen LogP contribution < -0.4 is 10.6 Å². The fraction of sp³-hybridized carbons (Fsp3) is 0.406. The Labute approximate surface area is 230 Å². The summed E-state index contributed by atoms with van der Waals surface area (Å²) in [5, 5.41) is 25.3. The number of nitriles is 2. The van der Waals surface area contributed by atoms with Crippen LogP contribution >= 0.6 is 0 Å². The molecule has 2 aliphatic carbocycles. The molecule has 0 aliphatic heterocycles. The summed E-state index contributed by atoms with van der Waals surface area (Å²) in [5.74, 6) is 0.485. The number of aryl methyl sites for hydroxylation is 1. The molecule has 0 radical (unpaired) electrons. The maximum atomic E-state index is 13.0. The number of hydrogen-bond acceptors (Lipinski definition) is 6. The first-order valence-electron chi connectivity index (χ1n) is 13.6. The van der Waals surface area contributed by atoms with Gasteiger partial charge in [0.2, 0.25) is 0 Å². The molecule has 0 saturated heterocycles. The van der Waals surface area contributed by atoms with E-state index in [4.69, 9.17) is 0 Å². The van der Waals surface area contributed by atoms with Crippen molar-refractivity contribution in [1.82, 2.24) is 10.3 Å². The van der Waals surface area contributed by atoms with Crippen LogP contribution in [-0.4, -0.2) is 23.7 Å². The van der Waals surface area contributed by atoms with E-state index in [-0.39, 0.29) is 24.1 Å². The van der Waals surface area contributed by atoms with Crippen molar-refractivity contribution in [3.8, 4) is 12.1 Å². The van der Waals surface area contributed by atoms with Gasteiger partial charge in [-0.1, -0.05) is 17.7 Å². The third-order valence-corrected chi connectivity index (χ3v) is 7.60. The SMILES string of the molecule is C/C=C(\C=C(/C)C1CC1)c1cc(C#N)cc(CNC(=O)c2cc(NCC[C@](C#N)(C=O)C3CC3)cc(C)n2)c1. The van der Waals surface area contributed by atoms with Gasteiger partial charge in [-0.15, -0.1) is 0 Å². The molecule has 1 aromatic heterocycles. The molecule has 1 amide bonds. The Bertz CT molecular complexity index is 1400. The predicted octanol–water partition coefficient (Wildman–Crippen LogP) is 5.87. The van der Waals surface area contributed by atoms with Gasteiger partial charge in [0.05, 0.1) is 17.7 Å². The number of aldehydes is 1. The van der Waals surface area contributed by atoms with E-state index in [0.717, 1.165) is 35.8 Å². The Morgan fingerprint density at radius 3 is 2.54 bits per heavy atom. The van der Waals surface area contributed by atoms with E-state index in [9.17, 15) is 20.1 Å². The molecular formula is C32H35N5O2.